The summed E-state index contributed by atoms with van der Waals surface area (Å²) in [5.74, 6) is -4.68. The summed E-state index contributed by atoms with van der Waals surface area (Å²) in [5.41, 5.74) is 1.06. The fraction of sp³-hybridized carbons (Fsp3) is 0.625. The van der Waals surface area contributed by atoms with E-state index in [2.05, 4.69) is 16.0 Å². The second-order valence-corrected chi connectivity index (χ2v) is 15.0. The van der Waals surface area contributed by atoms with Gasteiger partial charge in [-0.1, -0.05) is 77.4 Å². The lowest BCUT2D eigenvalue weighted by Gasteiger charge is -2.33. The van der Waals surface area contributed by atoms with E-state index in [1.807, 2.05) is 45.9 Å². The number of allylic oxidation sites excluding steroid dienone is 1. The molecule has 0 bridgehead atoms. The summed E-state index contributed by atoms with van der Waals surface area (Å²) in [4.78, 5) is 96.4. The van der Waals surface area contributed by atoms with Gasteiger partial charge in [-0.25, -0.2) is 9.59 Å². The van der Waals surface area contributed by atoms with Crippen LogP contribution in [-0.2, 0) is 49.5 Å². The summed E-state index contributed by atoms with van der Waals surface area (Å²) < 4.78 is 11.1. The predicted octanol–water partition coefficient (Wildman–Crippen LogP) is 2.93. The lowest BCUT2D eigenvalue weighted by Crippen LogP contribution is -2.57. The normalized spacial score (nSPS) is 27.2. The van der Waals surface area contributed by atoms with Crippen LogP contribution in [0.3, 0.4) is 0 Å². The molecule has 0 aromatic heterocycles. The van der Waals surface area contributed by atoms with Crippen LogP contribution in [0, 0.1) is 17.8 Å². The molecule has 300 valence electrons. The number of hydrogen-bond donors (Lipinski definition) is 3. The second-order valence-electron chi connectivity index (χ2n) is 15.0. The van der Waals surface area contributed by atoms with Crippen LogP contribution >= 0.6 is 0 Å². The summed E-state index contributed by atoms with van der Waals surface area (Å²) in [5, 5.41) is 8.05. The Morgan fingerprint density at radius 1 is 0.852 bits per heavy atom. The molecule has 7 atom stereocenters. The van der Waals surface area contributed by atoms with E-state index in [9.17, 15) is 33.6 Å². The zero-order valence-electron chi connectivity index (χ0n) is 33.6. The molecule has 1 heterocycles. The highest BCUT2D eigenvalue weighted by atomic mass is 16.5. The van der Waals surface area contributed by atoms with E-state index in [1.165, 1.54) is 37.7 Å². The van der Waals surface area contributed by atoms with Crippen molar-refractivity contribution in [1.29, 1.82) is 0 Å². The molecule has 1 unspecified atom stereocenters. The maximum absolute atomic E-state index is 14.0. The molecule has 0 radical (unpaired) electrons. The first-order chi connectivity index (χ1) is 25.4. The van der Waals surface area contributed by atoms with Crippen molar-refractivity contribution in [3.8, 4) is 0 Å². The fourth-order valence-corrected chi connectivity index (χ4v) is 5.84. The van der Waals surface area contributed by atoms with Crippen molar-refractivity contribution in [2.75, 3.05) is 27.2 Å². The van der Waals surface area contributed by atoms with E-state index in [-0.39, 0.29) is 37.2 Å². The minimum absolute atomic E-state index is 0.0208. The molecule has 1 aliphatic heterocycles. The molecule has 3 N–H and O–H groups in total. The minimum atomic E-state index is -1.17. The number of likely N-dealkylation sites (N-methyl/N-ethyl adjacent to an activating group) is 2. The Bertz CT molecular complexity index is 1500. The SMILES string of the molecule is CCC(C)[C@@H]1NC(=O)CN(C)C(=O)[C@@H](Cc2ccccc2)N(C)C(=O)[C@H](C)NC(=O)[C@@H](CC(C)C)OC(=O)/C(C)=C/CC[C@H](C)COC(=O)[C@@H](C)NC1=O. The van der Waals surface area contributed by atoms with Gasteiger partial charge in [0, 0.05) is 26.1 Å². The number of cyclic esters (lactones) is 2. The smallest absolute Gasteiger partial charge is 0.334 e. The van der Waals surface area contributed by atoms with Crippen LogP contribution in [0.1, 0.15) is 86.6 Å². The van der Waals surface area contributed by atoms with E-state index in [4.69, 9.17) is 9.47 Å². The maximum atomic E-state index is 14.0. The molecule has 1 aromatic rings. The summed E-state index contributed by atoms with van der Waals surface area (Å²) in [6.45, 7) is 13.5. The Balaban J connectivity index is 2.49. The Morgan fingerprint density at radius 3 is 2.09 bits per heavy atom. The molecule has 0 aliphatic carbocycles. The minimum Gasteiger partial charge on any atom is -0.464 e. The summed E-state index contributed by atoms with van der Waals surface area (Å²) in [7, 11) is 2.88. The number of carbonyl (C=O) groups excluding carboxylic acids is 7. The van der Waals surface area contributed by atoms with Gasteiger partial charge in [-0.2, -0.15) is 0 Å². The number of carbonyl (C=O) groups is 7. The van der Waals surface area contributed by atoms with Gasteiger partial charge in [0.05, 0.1) is 13.2 Å². The van der Waals surface area contributed by atoms with Gasteiger partial charge in [-0.05, 0) is 63.4 Å². The lowest BCUT2D eigenvalue weighted by atomic mass is 9.98. The molecule has 14 nitrogen and oxygen atoms in total. The zero-order valence-corrected chi connectivity index (χ0v) is 33.6. The number of amides is 5. The van der Waals surface area contributed by atoms with Crippen LogP contribution in [0.15, 0.2) is 42.0 Å². The number of nitrogens with zero attached hydrogens (tertiary/aromatic N) is 2. The Morgan fingerprint density at radius 2 is 1.48 bits per heavy atom. The molecule has 0 saturated heterocycles. The van der Waals surface area contributed by atoms with Crippen LogP contribution in [-0.4, -0.2) is 109 Å². The third kappa shape index (κ3) is 14.2. The summed E-state index contributed by atoms with van der Waals surface area (Å²) in [6, 6.07) is 4.88. The molecule has 5 amide bonds. The summed E-state index contributed by atoms with van der Waals surface area (Å²) >= 11 is 0. The number of rotatable bonds is 6. The predicted molar refractivity (Wildman–Crippen MR) is 203 cm³/mol. The molecular weight excluding hydrogens is 694 g/mol. The highest BCUT2D eigenvalue weighted by molar-refractivity contribution is 5.96. The van der Waals surface area contributed by atoms with Crippen molar-refractivity contribution in [2.24, 2.45) is 17.8 Å². The third-order valence-electron chi connectivity index (χ3n) is 9.55. The van der Waals surface area contributed by atoms with Crippen LogP contribution in [0.4, 0.5) is 0 Å². The molecule has 54 heavy (non-hydrogen) atoms. The van der Waals surface area contributed by atoms with Crippen molar-refractivity contribution in [2.45, 2.75) is 118 Å². The second kappa shape index (κ2) is 21.8. The van der Waals surface area contributed by atoms with E-state index in [0.717, 1.165) is 5.56 Å². The van der Waals surface area contributed by atoms with Crippen molar-refractivity contribution < 1.29 is 43.0 Å². The standard InChI is InChI=1S/C40H61N5O9/c1-11-26(5)34-36(48)42-29(8)40(52)53-23-25(4)16-15-17-27(6)39(51)54-32(20-24(2)3)35(47)41-28(7)37(49)45(10)31(21-30-18-13-12-14-19-30)38(50)44(9)22-33(46)43-34/h12-14,17-19,24-26,28-29,31-32,34H,11,15-16,20-23H2,1-10H3,(H,41,47)(H,42,48)(H,43,46)/b27-17+/t25-,26?,28-,29+,31+,32+,34-/m0/s1. The number of nitrogens with one attached hydrogen (secondary N) is 3. The number of hydrogen-bond acceptors (Lipinski definition) is 9. The molecule has 0 fully saturated rings. The lowest BCUT2D eigenvalue weighted by molar-refractivity contribution is -0.154. The molecular formula is C40H61N5O9. The largest absolute Gasteiger partial charge is 0.464 e. The molecule has 0 saturated carbocycles. The van der Waals surface area contributed by atoms with Crippen LogP contribution in [0.25, 0.3) is 0 Å². The maximum Gasteiger partial charge on any atom is 0.334 e. The molecule has 0 spiro atoms. The van der Waals surface area contributed by atoms with Crippen LogP contribution in [0.2, 0.25) is 0 Å². The first-order valence-corrected chi connectivity index (χ1v) is 18.9. The van der Waals surface area contributed by atoms with Gasteiger partial charge < -0.3 is 35.2 Å². The quantitative estimate of drug-likeness (QED) is 0.368. The van der Waals surface area contributed by atoms with E-state index in [1.54, 1.807) is 32.1 Å². The van der Waals surface area contributed by atoms with E-state index in [0.29, 0.717) is 24.8 Å². The average molecular weight is 756 g/mol. The van der Waals surface area contributed by atoms with E-state index >= 15 is 0 Å². The molecule has 2 rings (SSSR count). The third-order valence-corrected chi connectivity index (χ3v) is 9.55. The van der Waals surface area contributed by atoms with Gasteiger partial charge in [-0.15, -0.1) is 0 Å². The number of ether oxygens (including phenoxy) is 2. The van der Waals surface area contributed by atoms with Gasteiger partial charge in [0.15, 0.2) is 6.10 Å². The first kappa shape index (κ1) is 45.4. The van der Waals surface area contributed by atoms with Gasteiger partial charge in [-0.3, -0.25) is 24.0 Å². The van der Waals surface area contributed by atoms with Gasteiger partial charge >= 0.3 is 11.9 Å². The monoisotopic (exact) mass is 755 g/mol. The Hall–Kier alpha value is -4.75. The molecule has 1 aliphatic rings. The van der Waals surface area contributed by atoms with Crippen molar-refractivity contribution in [3.63, 3.8) is 0 Å². The number of benzene rings is 1. The number of esters is 2. The molecule has 1 aromatic carbocycles. The topological polar surface area (TPSA) is 181 Å². The van der Waals surface area contributed by atoms with Crippen LogP contribution < -0.4 is 16.0 Å². The Labute approximate surface area is 320 Å². The van der Waals surface area contributed by atoms with Crippen molar-refractivity contribution >= 4 is 41.5 Å². The van der Waals surface area contributed by atoms with Crippen molar-refractivity contribution in [3.05, 3.63) is 47.5 Å². The van der Waals surface area contributed by atoms with Gasteiger partial charge in [0.25, 0.3) is 5.91 Å². The summed E-state index contributed by atoms with van der Waals surface area (Å²) in [6.07, 6.45) is 2.43. The highest BCUT2D eigenvalue weighted by Crippen LogP contribution is 2.16. The fourth-order valence-electron chi connectivity index (χ4n) is 5.84. The van der Waals surface area contributed by atoms with Gasteiger partial charge in [0.2, 0.25) is 23.6 Å². The average Bonchev–Trinajstić information content (AvgIpc) is 3.12. The van der Waals surface area contributed by atoms with Gasteiger partial charge in [0.1, 0.15) is 24.2 Å². The Kier molecular flexibility index (Phi) is 18.4. The molecule has 14 heteroatoms. The first-order valence-electron chi connectivity index (χ1n) is 18.9. The highest BCUT2D eigenvalue weighted by Gasteiger charge is 2.35. The zero-order chi connectivity index (χ0) is 40.7. The van der Waals surface area contributed by atoms with E-state index < -0.39 is 78.3 Å². The van der Waals surface area contributed by atoms with Crippen LogP contribution in [0.5, 0.6) is 0 Å². The van der Waals surface area contributed by atoms with Crippen molar-refractivity contribution in [1.82, 2.24) is 25.8 Å².